The Morgan fingerprint density at radius 2 is 1.63 bits per heavy atom. The summed E-state index contributed by atoms with van der Waals surface area (Å²) in [6, 6.07) is 12.8. The minimum atomic E-state index is -1.36. The van der Waals surface area contributed by atoms with Crippen molar-refractivity contribution in [2.75, 3.05) is 27.9 Å². The lowest BCUT2D eigenvalue weighted by Gasteiger charge is -2.20. The van der Waals surface area contributed by atoms with E-state index in [4.69, 9.17) is 14.2 Å². The van der Waals surface area contributed by atoms with Gasteiger partial charge in [-0.25, -0.2) is 5.01 Å². The summed E-state index contributed by atoms with van der Waals surface area (Å²) >= 11 is 0. The molecule has 7 heteroatoms. The number of methoxy groups -OCH3 is 3. The molecule has 1 amide bonds. The number of hydrazone groups is 1. The fourth-order valence-electron chi connectivity index (χ4n) is 2.54. The van der Waals surface area contributed by atoms with E-state index in [2.05, 4.69) is 5.10 Å². The van der Waals surface area contributed by atoms with E-state index in [-0.39, 0.29) is 6.54 Å². The fourth-order valence-corrected chi connectivity index (χ4v) is 2.54. The maximum absolute atomic E-state index is 11.3. The van der Waals surface area contributed by atoms with Crippen LogP contribution in [0.1, 0.15) is 18.1 Å². The summed E-state index contributed by atoms with van der Waals surface area (Å²) < 4.78 is 15.9. The minimum Gasteiger partial charge on any atom is -0.529 e. The van der Waals surface area contributed by atoms with Gasteiger partial charge in [-0.2, -0.15) is 5.10 Å². The number of carbonyl (C=O) groups excluding carboxylic acids is 1. The Hall–Kier alpha value is -3.22. The average molecular weight is 371 g/mol. The lowest BCUT2D eigenvalue weighted by molar-refractivity contribution is -0.265. The van der Waals surface area contributed by atoms with Crippen LogP contribution < -0.4 is 19.3 Å². The Morgan fingerprint density at radius 1 is 1.00 bits per heavy atom. The molecule has 0 bridgehead atoms. The van der Waals surface area contributed by atoms with Crippen LogP contribution in [0.2, 0.25) is 0 Å². The summed E-state index contributed by atoms with van der Waals surface area (Å²) in [6.45, 7) is 1.86. The lowest BCUT2D eigenvalue weighted by atomic mass is 10.0. The second kappa shape index (κ2) is 9.47. The van der Waals surface area contributed by atoms with Crippen LogP contribution in [0, 0.1) is 0 Å². The molecule has 0 saturated heterocycles. The van der Waals surface area contributed by atoms with E-state index < -0.39 is 6.09 Å². The van der Waals surface area contributed by atoms with Gasteiger partial charge in [0, 0.05) is 24.6 Å². The number of rotatable bonds is 8. The van der Waals surface area contributed by atoms with Gasteiger partial charge < -0.3 is 24.1 Å². The van der Waals surface area contributed by atoms with Gasteiger partial charge in [0.2, 0.25) is 0 Å². The first kappa shape index (κ1) is 20.1. The number of hydrogen-bond donors (Lipinski definition) is 0. The molecule has 144 valence electrons. The number of benzene rings is 2. The van der Waals surface area contributed by atoms with Gasteiger partial charge >= 0.3 is 0 Å². The second-order valence-electron chi connectivity index (χ2n) is 5.62. The summed E-state index contributed by atoms with van der Waals surface area (Å²) in [5, 5.41) is 16.5. The average Bonchev–Trinajstić information content (AvgIpc) is 2.70. The molecule has 0 aliphatic rings. The highest BCUT2D eigenvalue weighted by atomic mass is 16.5. The van der Waals surface area contributed by atoms with Crippen molar-refractivity contribution >= 4 is 11.8 Å². The van der Waals surface area contributed by atoms with E-state index in [0.29, 0.717) is 29.2 Å². The highest BCUT2D eigenvalue weighted by molar-refractivity contribution is 6.04. The molecule has 2 aromatic rings. The van der Waals surface area contributed by atoms with Crippen LogP contribution >= 0.6 is 0 Å². The van der Waals surface area contributed by atoms with E-state index in [0.717, 1.165) is 16.3 Å². The Kier molecular flexibility index (Phi) is 7.05. The van der Waals surface area contributed by atoms with E-state index in [1.165, 1.54) is 0 Å². The van der Waals surface area contributed by atoms with Crippen molar-refractivity contribution in [1.29, 1.82) is 0 Å². The van der Waals surface area contributed by atoms with E-state index in [1.54, 1.807) is 46.5 Å². The smallest absolute Gasteiger partial charge is 0.158 e. The first-order valence-electron chi connectivity index (χ1n) is 8.43. The Labute approximate surface area is 158 Å². The lowest BCUT2D eigenvalue weighted by Crippen LogP contribution is -2.38. The molecule has 0 spiro atoms. The minimum absolute atomic E-state index is 0.174. The highest BCUT2D eigenvalue weighted by Crippen LogP contribution is 2.27. The van der Waals surface area contributed by atoms with Gasteiger partial charge in [-0.1, -0.05) is 12.1 Å². The zero-order valence-electron chi connectivity index (χ0n) is 15.9. The number of amides is 1. The molecule has 0 aromatic heterocycles. The van der Waals surface area contributed by atoms with Crippen molar-refractivity contribution in [1.82, 2.24) is 5.01 Å². The van der Waals surface area contributed by atoms with Crippen LogP contribution in [0.4, 0.5) is 4.79 Å². The van der Waals surface area contributed by atoms with Crippen LogP contribution in [0.3, 0.4) is 0 Å². The Bertz CT molecular complexity index is 803. The zero-order chi connectivity index (χ0) is 19.8. The normalized spacial score (nSPS) is 11.0. The maximum Gasteiger partial charge on any atom is 0.158 e. The second-order valence-corrected chi connectivity index (χ2v) is 5.62. The van der Waals surface area contributed by atoms with Gasteiger partial charge in [-0.05, 0) is 36.8 Å². The summed E-state index contributed by atoms with van der Waals surface area (Å²) in [7, 11) is 4.71. The summed E-state index contributed by atoms with van der Waals surface area (Å²) in [5.41, 5.74) is 2.15. The predicted octanol–water partition coefficient (Wildman–Crippen LogP) is 2.32. The maximum atomic E-state index is 11.3. The number of carbonyl (C=O) groups is 1. The molecule has 0 heterocycles. The molecule has 2 rings (SSSR count). The first-order chi connectivity index (χ1) is 13.0. The zero-order valence-corrected chi connectivity index (χ0v) is 15.9. The highest BCUT2D eigenvalue weighted by Gasteiger charge is 2.15. The third-order valence-electron chi connectivity index (χ3n) is 4.00. The van der Waals surface area contributed by atoms with Gasteiger partial charge in [0.25, 0.3) is 0 Å². The van der Waals surface area contributed by atoms with Gasteiger partial charge in [-0.3, -0.25) is 0 Å². The van der Waals surface area contributed by atoms with Crippen LogP contribution in [-0.4, -0.2) is 44.7 Å². The van der Waals surface area contributed by atoms with Crippen LogP contribution in [0.5, 0.6) is 17.2 Å². The number of carboxylic acid groups (broad SMARTS) is 1. The molecule has 2 aromatic carbocycles. The Morgan fingerprint density at radius 3 is 2.15 bits per heavy atom. The van der Waals surface area contributed by atoms with Crippen molar-refractivity contribution in [3.63, 3.8) is 0 Å². The van der Waals surface area contributed by atoms with E-state index in [9.17, 15) is 9.90 Å². The van der Waals surface area contributed by atoms with Gasteiger partial charge in [0.1, 0.15) is 17.2 Å². The number of ether oxygens (including phenoxy) is 3. The van der Waals surface area contributed by atoms with Crippen molar-refractivity contribution in [2.24, 2.45) is 5.10 Å². The summed E-state index contributed by atoms with van der Waals surface area (Å²) in [5.74, 6) is 1.91. The predicted molar refractivity (Wildman–Crippen MR) is 101 cm³/mol. The topological polar surface area (TPSA) is 83.4 Å². The number of hydrogen-bond acceptors (Lipinski definition) is 6. The van der Waals surface area contributed by atoms with E-state index >= 15 is 0 Å². The molecular formula is C20H23N2O5-. The molecule has 0 atom stereocenters. The monoisotopic (exact) mass is 371 g/mol. The standard InChI is InChI=1S/C20H24N2O5/c1-5-22(20(23)24)21-18(12-14-6-8-15(25-2)9-7-14)17-11-10-16(26-3)13-19(17)27-4/h6-11,13H,5,12H2,1-4H3,(H,23,24)/p-1. The summed E-state index contributed by atoms with van der Waals surface area (Å²) in [6.07, 6.45) is -0.964. The molecule has 0 N–H and O–H groups in total. The molecule has 7 nitrogen and oxygen atoms in total. The van der Waals surface area contributed by atoms with Gasteiger partial charge in [0.15, 0.2) is 6.09 Å². The quantitative estimate of drug-likeness (QED) is 0.525. The summed E-state index contributed by atoms with van der Waals surface area (Å²) in [4.78, 5) is 11.3. The van der Waals surface area contributed by atoms with Crippen LogP contribution in [0.25, 0.3) is 0 Å². The molecule has 27 heavy (non-hydrogen) atoms. The van der Waals surface area contributed by atoms with Crippen molar-refractivity contribution in [3.05, 3.63) is 53.6 Å². The molecule has 0 aliphatic heterocycles. The molecule has 0 radical (unpaired) electrons. The fraction of sp³-hybridized carbons (Fsp3) is 0.300. The van der Waals surface area contributed by atoms with Gasteiger partial charge in [0.05, 0.1) is 27.0 Å². The molecule has 0 unspecified atom stereocenters. The first-order valence-corrected chi connectivity index (χ1v) is 8.43. The third-order valence-corrected chi connectivity index (χ3v) is 4.00. The molecular weight excluding hydrogens is 348 g/mol. The van der Waals surface area contributed by atoms with E-state index in [1.807, 2.05) is 24.3 Å². The third kappa shape index (κ3) is 5.13. The Balaban J connectivity index is 2.49. The molecule has 0 fully saturated rings. The van der Waals surface area contributed by atoms with Crippen molar-refractivity contribution < 1.29 is 24.1 Å². The largest absolute Gasteiger partial charge is 0.529 e. The molecule has 0 saturated carbocycles. The molecule has 0 aliphatic carbocycles. The number of nitrogens with zero attached hydrogens (tertiary/aromatic N) is 2. The van der Waals surface area contributed by atoms with Crippen LogP contribution in [-0.2, 0) is 6.42 Å². The van der Waals surface area contributed by atoms with Crippen molar-refractivity contribution in [2.45, 2.75) is 13.3 Å². The van der Waals surface area contributed by atoms with Gasteiger partial charge in [-0.15, -0.1) is 0 Å². The SMILES string of the molecule is CCN(N=C(Cc1ccc(OC)cc1)c1ccc(OC)cc1OC)C(=O)[O-]. The van der Waals surface area contributed by atoms with Crippen LogP contribution in [0.15, 0.2) is 47.6 Å². The van der Waals surface area contributed by atoms with Crippen molar-refractivity contribution in [3.8, 4) is 17.2 Å².